The second-order valence-corrected chi connectivity index (χ2v) is 13.9. The van der Waals surface area contributed by atoms with Gasteiger partial charge >= 0.3 is 0 Å². The summed E-state index contributed by atoms with van der Waals surface area (Å²) in [7, 11) is 0. The monoisotopic (exact) mass is 674 g/mol. The summed E-state index contributed by atoms with van der Waals surface area (Å²) in [5, 5.41) is 33.1. The van der Waals surface area contributed by atoms with E-state index in [-0.39, 0.29) is 18.9 Å². The van der Waals surface area contributed by atoms with E-state index in [4.69, 9.17) is 0 Å². The summed E-state index contributed by atoms with van der Waals surface area (Å²) in [6.45, 7) is 4.08. The van der Waals surface area contributed by atoms with Crippen molar-refractivity contribution >= 4 is 5.91 Å². The van der Waals surface area contributed by atoms with Gasteiger partial charge in [0.05, 0.1) is 31.3 Å². The molecule has 48 heavy (non-hydrogen) atoms. The molecular weight excluding hydrogens is 594 g/mol. The summed E-state index contributed by atoms with van der Waals surface area (Å²) in [5.74, 6) is -0.329. The Labute approximate surface area is 297 Å². The lowest BCUT2D eigenvalue weighted by molar-refractivity contribution is -0.124. The molecule has 0 aromatic carbocycles. The zero-order valence-corrected chi connectivity index (χ0v) is 31.6. The zero-order valence-electron chi connectivity index (χ0n) is 31.6. The molecule has 5 heteroatoms. The van der Waals surface area contributed by atoms with Gasteiger partial charge in [-0.15, -0.1) is 0 Å². The second-order valence-electron chi connectivity index (χ2n) is 13.9. The average Bonchev–Trinajstić information content (AvgIpc) is 3.08. The molecule has 0 aliphatic heterocycles. The van der Waals surface area contributed by atoms with Crippen LogP contribution in [0.4, 0.5) is 0 Å². The lowest BCUT2D eigenvalue weighted by Gasteiger charge is -2.21. The first-order valence-corrected chi connectivity index (χ1v) is 20.4. The number of hydrogen-bond donors (Lipinski definition) is 4. The smallest absolute Gasteiger partial charge is 0.222 e. The highest BCUT2D eigenvalue weighted by molar-refractivity contribution is 5.76. The van der Waals surface area contributed by atoms with Crippen LogP contribution in [0.3, 0.4) is 0 Å². The summed E-state index contributed by atoms with van der Waals surface area (Å²) in [6, 6.07) is -0.760. The van der Waals surface area contributed by atoms with Crippen molar-refractivity contribution in [3.05, 3.63) is 48.6 Å². The molecule has 0 rings (SSSR count). The largest absolute Gasteiger partial charge is 0.394 e. The molecule has 0 aliphatic rings. The fraction of sp³-hybridized carbons (Fsp3) is 0.791. The van der Waals surface area contributed by atoms with Crippen LogP contribution < -0.4 is 5.32 Å². The molecule has 4 N–H and O–H groups in total. The van der Waals surface area contributed by atoms with Crippen LogP contribution in [-0.4, -0.2) is 46.1 Å². The van der Waals surface area contributed by atoms with Crippen LogP contribution in [0.1, 0.15) is 194 Å². The van der Waals surface area contributed by atoms with Crippen molar-refractivity contribution in [2.24, 2.45) is 0 Å². The predicted octanol–water partition coefficient (Wildman–Crippen LogP) is 11.4. The number of aliphatic hydroxyl groups excluding tert-OH is 3. The van der Waals surface area contributed by atoms with Gasteiger partial charge in [-0.2, -0.15) is 0 Å². The molecule has 5 nitrogen and oxygen atoms in total. The molecule has 0 aliphatic carbocycles. The fourth-order valence-electron chi connectivity index (χ4n) is 5.98. The number of amides is 1. The molecule has 0 saturated carbocycles. The Morgan fingerprint density at radius 1 is 0.562 bits per heavy atom. The van der Waals surface area contributed by atoms with Crippen molar-refractivity contribution in [3.8, 4) is 0 Å². The van der Waals surface area contributed by atoms with E-state index in [0.29, 0.717) is 6.42 Å². The summed E-state index contributed by atoms with van der Waals surface area (Å²) in [5.41, 5.74) is 0. The average molecular weight is 674 g/mol. The molecule has 0 saturated heterocycles. The third-order valence-electron chi connectivity index (χ3n) is 9.10. The van der Waals surface area contributed by atoms with Crippen molar-refractivity contribution in [2.45, 2.75) is 212 Å². The third kappa shape index (κ3) is 34.2. The zero-order chi connectivity index (χ0) is 35.2. The van der Waals surface area contributed by atoms with E-state index in [1.807, 2.05) is 6.08 Å². The van der Waals surface area contributed by atoms with Crippen LogP contribution in [-0.2, 0) is 4.79 Å². The van der Waals surface area contributed by atoms with Gasteiger partial charge in [-0.05, 0) is 57.8 Å². The van der Waals surface area contributed by atoms with Crippen molar-refractivity contribution in [2.75, 3.05) is 6.61 Å². The molecule has 0 aromatic heterocycles. The molecular formula is C43H79NO4. The second kappa shape index (κ2) is 38.1. The molecule has 3 atom stereocenters. The highest BCUT2D eigenvalue weighted by atomic mass is 16.3. The molecule has 280 valence electrons. The molecule has 0 heterocycles. The lowest BCUT2D eigenvalue weighted by Crippen LogP contribution is -2.45. The number of unbranched alkanes of at least 4 members (excludes halogenated alkanes) is 21. The van der Waals surface area contributed by atoms with E-state index in [0.717, 1.165) is 44.9 Å². The molecule has 0 fully saturated rings. The SMILES string of the molecule is CC/C=C\C/C=C\CCCCCCCCCCCCCCC(O)CC(=O)NC(CO)C(O)/C=C/CC/C=C/CCCCCCCCCC. The number of rotatable bonds is 36. The Hall–Kier alpha value is -1.69. The van der Waals surface area contributed by atoms with Crippen molar-refractivity contribution in [1.82, 2.24) is 5.32 Å². The van der Waals surface area contributed by atoms with Gasteiger partial charge in [0.15, 0.2) is 0 Å². The van der Waals surface area contributed by atoms with Crippen LogP contribution in [0.5, 0.6) is 0 Å². The quantitative estimate of drug-likeness (QED) is 0.0393. The number of carbonyl (C=O) groups is 1. The number of nitrogens with one attached hydrogen (secondary N) is 1. The topological polar surface area (TPSA) is 89.8 Å². The third-order valence-corrected chi connectivity index (χ3v) is 9.10. The van der Waals surface area contributed by atoms with Gasteiger partial charge in [-0.25, -0.2) is 0 Å². The first kappa shape index (κ1) is 46.3. The Kier molecular flexibility index (Phi) is 36.8. The molecule has 0 radical (unpaired) electrons. The molecule has 1 amide bonds. The Morgan fingerprint density at radius 3 is 1.56 bits per heavy atom. The lowest BCUT2D eigenvalue weighted by atomic mass is 10.0. The summed E-state index contributed by atoms with van der Waals surface area (Å²) < 4.78 is 0. The summed E-state index contributed by atoms with van der Waals surface area (Å²) in [6.07, 6.45) is 48.2. The van der Waals surface area contributed by atoms with Gasteiger partial charge in [0.1, 0.15) is 0 Å². The van der Waals surface area contributed by atoms with Crippen molar-refractivity contribution in [1.29, 1.82) is 0 Å². The first-order valence-electron chi connectivity index (χ1n) is 20.4. The normalized spacial score (nSPS) is 14.2. The van der Waals surface area contributed by atoms with Crippen LogP contribution in [0.25, 0.3) is 0 Å². The number of aliphatic hydroxyl groups is 3. The van der Waals surface area contributed by atoms with Crippen molar-refractivity contribution in [3.63, 3.8) is 0 Å². The minimum Gasteiger partial charge on any atom is -0.394 e. The Balaban J connectivity index is 3.71. The highest BCUT2D eigenvalue weighted by Gasteiger charge is 2.20. The Morgan fingerprint density at radius 2 is 1.02 bits per heavy atom. The maximum atomic E-state index is 12.4. The van der Waals surface area contributed by atoms with Crippen LogP contribution >= 0.6 is 0 Å². The standard InChI is InChI=1S/C43H79NO4/c1-3-5-7-9-11-13-15-17-19-20-21-22-23-24-26-28-30-32-34-36-40(46)38-43(48)44-41(39-45)42(47)37-35-33-31-29-27-25-18-16-14-12-10-8-6-4-2/h5,7,11,13,27,29,35,37,40-42,45-47H,3-4,6,8-10,12,14-26,28,30-34,36,38-39H2,1-2H3,(H,44,48)/b7-5-,13-11-,29-27+,37-35+. The fourth-order valence-corrected chi connectivity index (χ4v) is 5.98. The molecule has 0 spiro atoms. The summed E-state index contributed by atoms with van der Waals surface area (Å²) in [4.78, 5) is 12.4. The first-order chi connectivity index (χ1) is 23.5. The van der Waals surface area contributed by atoms with Gasteiger partial charge < -0.3 is 20.6 Å². The van der Waals surface area contributed by atoms with Crippen LogP contribution in [0.2, 0.25) is 0 Å². The molecule has 0 aromatic rings. The molecule has 0 bridgehead atoms. The Bertz CT molecular complexity index is 790. The van der Waals surface area contributed by atoms with E-state index in [1.165, 1.54) is 122 Å². The van der Waals surface area contributed by atoms with Crippen molar-refractivity contribution < 1.29 is 20.1 Å². The van der Waals surface area contributed by atoms with Gasteiger partial charge in [0.25, 0.3) is 0 Å². The van der Waals surface area contributed by atoms with Crippen LogP contribution in [0, 0.1) is 0 Å². The highest BCUT2D eigenvalue weighted by Crippen LogP contribution is 2.15. The van der Waals surface area contributed by atoms with Gasteiger partial charge in [0, 0.05) is 0 Å². The minimum atomic E-state index is -0.951. The van der Waals surface area contributed by atoms with E-state index in [9.17, 15) is 20.1 Å². The van der Waals surface area contributed by atoms with E-state index in [1.54, 1.807) is 6.08 Å². The maximum Gasteiger partial charge on any atom is 0.222 e. The summed E-state index contributed by atoms with van der Waals surface area (Å²) >= 11 is 0. The van der Waals surface area contributed by atoms with E-state index >= 15 is 0 Å². The van der Waals surface area contributed by atoms with E-state index < -0.39 is 18.2 Å². The minimum absolute atomic E-state index is 0.00390. The van der Waals surface area contributed by atoms with Crippen LogP contribution in [0.15, 0.2) is 48.6 Å². The maximum absolute atomic E-state index is 12.4. The number of allylic oxidation sites excluding steroid dienone is 7. The van der Waals surface area contributed by atoms with Gasteiger partial charge in [-0.3, -0.25) is 4.79 Å². The molecule has 3 unspecified atom stereocenters. The number of hydrogen-bond acceptors (Lipinski definition) is 4. The van der Waals surface area contributed by atoms with E-state index in [2.05, 4.69) is 55.6 Å². The predicted molar refractivity (Wildman–Crippen MR) is 208 cm³/mol. The number of carbonyl (C=O) groups excluding carboxylic acids is 1. The van der Waals surface area contributed by atoms with Gasteiger partial charge in [0.2, 0.25) is 5.91 Å². The van der Waals surface area contributed by atoms with Gasteiger partial charge in [-0.1, -0.05) is 178 Å².